The molecule has 0 N–H and O–H groups in total. The van der Waals surface area contributed by atoms with Crippen molar-refractivity contribution in [2.75, 3.05) is 7.11 Å². The fourth-order valence-corrected chi connectivity index (χ4v) is 1.93. The summed E-state index contributed by atoms with van der Waals surface area (Å²) in [7, 11) is 1.79. The molecule has 0 amide bonds. The number of rotatable bonds is 3. The van der Waals surface area contributed by atoms with E-state index in [2.05, 4.69) is 11.9 Å². The van der Waals surface area contributed by atoms with Gasteiger partial charge in [-0.2, -0.15) is 0 Å². The van der Waals surface area contributed by atoms with Gasteiger partial charge >= 0.3 is 55.2 Å². The van der Waals surface area contributed by atoms with Crippen molar-refractivity contribution in [3.8, 4) is 0 Å². The fourth-order valence-electron chi connectivity index (χ4n) is 0.430. The first-order valence-corrected chi connectivity index (χ1v) is 6.08. The summed E-state index contributed by atoms with van der Waals surface area (Å²) in [5, 5.41) is 0. The molecule has 0 heterocycles. The summed E-state index contributed by atoms with van der Waals surface area (Å²) in [6.45, 7) is 2.17. The second-order valence-corrected chi connectivity index (χ2v) is 4.16. The average Bonchev–Trinajstić information content (AvgIpc) is 1.72. The molecule has 0 spiro atoms. The van der Waals surface area contributed by atoms with Gasteiger partial charge in [0.05, 0.1) is 0 Å². The standard InChI is InChI=1S/C5H12OTe/c1-4-5(6-2)7-3/h5H,4H2,1-3H3. The molecule has 0 aromatic heterocycles. The van der Waals surface area contributed by atoms with Crippen LogP contribution in [0.1, 0.15) is 13.3 Å². The van der Waals surface area contributed by atoms with Crippen LogP contribution in [0.5, 0.6) is 0 Å². The van der Waals surface area contributed by atoms with Gasteiger partial charge in [0.15, 0.2) is 0 Å². The molecule has 0 rings (SSSR count). The summed E-state index contributed by atoms with van der Waals surface area (Å²) in [5.41, 5.74) is 0. The third-order valence-corrected chi connectivity index (χ3v) is 3.86. The molecule has 0 aromatic carbocycles. The maximum absolute atomic E-state index is 5.11. The molecule has 0 saturated carbocycles. The molecule has 7 heavy (non-hydrogen) atoms. The van der Waals surface area contributed by atoms with Crippen molar-refractivity contribution in [3.63, 3.8) is 0 Å². The molecule has 0 saturated heterocycles. The van der Waals surface area contributed by atoms with Crippen molar-refractivity contribution in [1.29, 1.82) is 0 Å². The Morgan fingerprint density at radius 1 is 1.71 bits per heavy atom. The van der Waals surface area contributed by atoms with E-state index in [0.717, 1.165) is 0 Å². The molecule has 0 radical (unpaired) electrons. The third-order valence-electron chi connectivity index (χ3n) is 0.859. The summed E-state index contributed by atoms with van der Waals surface area (Å²) in [6, 6.07) is 0. The van der Waals surface area contributed by atoms with Gasteiger partial charge in [-0.25, -0.2) is 0 Å². The molecule has 44 valence electrons. The van der Waals surface area contributed by atoms with Gasteiger partial charge in [-0.1, -0.05) is 0 Å². The predicted octanol–water partition coefficient (Wildman–Crippen LogP) is 1.12. The molecular weight excluding hydrogens is 204 g/mol. The molecule has 2 heteroatoms. The molecule has 1 nitrogen and oxygen atoms in total. The van der Waals surface area contributed by atoms with E-state index in [0.29, 0.717) is 4.15 Å². The van der Waals surface area contributed by atoms with E-state index >= 15 is 0 Å². The summed E-state index contributed by atoms with van der Waals surface area (Å²) in [6.07, 6.45) is 1.19. The Kier molecular flexibility index (Phi) is 5.42. The minimum atomic E-state index is 0.171. The molecule has 0 fully saturated rings. The summed E-state index contributed by atoms with van der Waals surface area (Å²) >= 11 is 0.171. The summed E-state index contributed by atoms with van der Waals surface area (Å²) in [4.78, 5) is 2.27. The van der Waals surface area contributed by atoms with Crippen LogP contribution in [-0.4, -0.2) is 32.2 Å². The van der Waals surface area contributed by atoms with E-state index in [4.69, 9.17) is 4.74 Å². The SMILES string of the molecule is CCC(OC)[Te]C. The van der Waals surface area contributed by atoms with Crippen LogP contribution in [0.15, 0.2) is 0 Å². The van der Waals surface area contributed by atoms with Gasteiger partial charge in [0.2, 0.25) is 0 Å². The van der Waals surface area contributed by atoms with Crippen molar-refractivity contribution >= 4 is 20.9 Å². The fraction of sp³-hybridized carbons (Fsp3) is 1.00. The van der Waals surface area contributed by atoms with E-state index in [9.17, 15) is 0 Å². The number of hydrogen-bond acceptors (Lipinski definition) is 1. The van der Waals surface area contributed by atoms with E-state index in [1.807, 2.05) is 0 Å². The normalized spacial score (nSPS) is 14.1. The predicted molar refractivity (Wildman–Crippen MR) is 32.7 cm³/mol. The van der Waals surface area contributed by atoms with Crippen LogP contribution in [0.2, 0.25) is 4.97 Å². The second kappa shape index (κ2) is 4.90. The van der Waals surface area contributed by atoms with Gasteiger partial charge in [0, 0.05) is 0 Å². The Labute approximate surface area is 55.5 Å². The van der Waals surface area contributed by atoms with Crippen molar-refractivity contribution < 1.29 is 4.74 Å². The van der Waals surface area contributed by atoms with Crippen molar-refractivity contribution in [2.45, 2.75) is 22.5 Å². The molecule has 0 aliphatic carbocycles. The Bertz CT molecular complexity index is 29.6. The van der Waals surface area contributed by atoms with Gasteiger partial charge < -0.3 is 0 Å². The Morgan fingerprint density at radius 2 is 2.29 bits per heavy atom. The van der Waals surface area contributed by atoms with Crippen LogP contribution >= 0.6 is 0 Å². The monoisotopic (exact) mass is 218 g/mol. The van der Waals surface area contributed by atoms with E-state index in [1.54, 1.807) is 7.11 Å². The quantitative estimate of drug-likeness (QED) is 0.642. The molecule has 0 aliphatic heterocycles. The van der Waals surface area contributed by atoms with E-state index in [1.165, 1.54) is 6.42 Å². The topological polar surface area (TPSA) is 9.23 Å². The van der Waals surface area contributed by atoms with E-state index in [-0.39, 0.29) is 20.9 Å². The molecule has 1 atom stereocenters. The minimum absolute atomic E-state index is 0.171. The van der Waals surface area contributed by atoms with Crippen LogP contribution < -0.4 is 0 Å². The molecule has 0 bridgehead atoms. The first-order chi connectivity index (χ1) is 3.35. The summed E-state index contributed by atoms with van der Waals surface area (Å²) in [5.74, 6) is 0. The van der Waals surface area contributed by atoms with Gasteiger partial charge in [-0.3, -0.25) is 0 Å². The van der Waals surface area contributed by atoms with Crippen LogP contribution in [-0.2, 0) is 4.74 Å². The van der Waals surface area contributed by atoms with Crippen molar-refractivity contribution in [2.24, 2.45) is 0 Å². The Morgan fingerprint density at radius 3 is 2.29 bits per heavy atom. The summed E-state index contributed by atoms with van der Waals surface area (Å²) < 4.78 is 5.72. The molecular formula is C5H12OTe. The van der Waals surface area contributed by atoms with Crippen LogP contribution in [0.4, 0.5) is 0 Å². The average molecular weight is 216 g/mol. The molecule has 0 aliphatic rings. The molecule has 0 aromatic rings. The number of methoxy groups -OCH3 is 1. The Balaban J connectivity index is 2.99. The maximum atomic E-state index is 5.11. The van der Waals surface area contributed by atoms with Crippen LogP contribution in [0.3, 0.4) is 0 Å². The van der Waals surface area contributed by atoms with Crippen LogP contribution in [0, 0.1) is 0 Å². The zero-order valence-corrected chi connectivity index (χ0v) is 7.43. The number of ether oxygens (including phenoxy) is 1. The van der Waals surface area contributed by atoms with Gasteiger partial charge in [-0.15, -0.1) is 0 Å². The second-order valence-electron chi connectivity index (χ2n) is 1.31. The van der Waals surface area contributed by atoms with Crippen LogP contribution in [0.25, 0.3) is 0 Å². The third kappa shape index (κ3) is 3.34. The zero-order chi connectivity index (χ0) is 5.70. The first kappa shape index (κ1) is 7.75. The van der Waals surface area contributed by atoms with Gasteiger partial charge in [-0.05, 0) is 0 Å². The van der Waals surface area contributed by atoms with Crippen molar-refractivity contribution in [3.05, 3.63) is 0 Å². The number of hydrogen-bond donors (Lipinski definition) is 0. The Hall–Kier alpha value is 0.750. The zero-order valence-electron chi connectivity index (χ0n) is 5.10. The van der Waals surface area contributed by atoms with Gasteiger partial charge in [0.25, 0.3) is 0 Å². The van der Waals surface area contributed by atoms with E-state index < -0.39 is 0 Å². The van der Waals surface area contributed by atoms with Gasteiger partial charge in [0.1, 0.15) is 0 Å². The van der Waals surface area contributed by atoms with Crippen molar-refractivity contribution in [1.82, 2.24) is 0 Å². The molecule has 1 unspecified atom stereocenters. The first-order valence-electron chi connectivity index (χ1n) is 2.40.